The van der Waals surface area contributed by atoms with Crippen molar-refractivity contribution >= 4 is 11.7 Å². The van der Waals surface area contributed by atoms with E-state index in [-0.39, 0.29) is 1.43 Å². The molecule has 3 nitrogen and oxygen atoms in total. The molecule has 1 heterocycles. The Morgan fingerprint density at radius 2 is 1.86 bits per heavy atom. The van der Waals surface area contributed by atoms with E-state index in [4.69, 9.17) is 0 Å². The van der Waals surface area contributed by atoms with E-state index in [1.807, 2.05) is 12.2 Å². The zero-order chi connectivity index (χ0) is 10.6. The van der Waals surface area contributed by atoms with Crippen LogP contribution in [-0.4, -0.2) is 11.7 Å². The number of carbonyl (C=O) groups is 2. The fraction of sp³-hybridized carbons (Fsp3) is 0.455. The second-order valence-corrected chi connectivity index (χ2v) is 3.30. The minimum atomic E-state index is -0.496. The number of nitrogens with one attached hydrogen (secondary N) is 1. The number of hydrogen-bond acceptors (Lipinski definition) is 2. The predicted molar refractivity (Wildman–Crippen MR) is 56.6 cm³/mol. The van der Waals surface area contributed by atoms with Crippen LogP contribution in [0.25, 0.3) is 0 Å². The van der Waals surface area contributed by atoms with Crippen molar-refractivity contribution in [2.24, 2.45) is 0 Å². The first-order valence-electron chi connectivity index (χ1n) is 4.97. The third kappa shape index (κ3) is 2.10. The van der Waals surface area contributed by atoms with Gasteiger partial charge in [-0.05, 0) is 12.8 Å². The van der Waals surface area contributed by atoms with Gasteiger partial charge in [0.05, 0.1) is 0 Å². The fourth-order valence-electron chi connectivity index (χ4n) is 1.31. The maximum absolute atomic E-state index is 11.0. The number of rotatable bonds is 0. The summed E-state index contributed by atoms with van der Waals surface area (Å²) in [6.45, 7) is 4.25. The lowest BCUT2D eigenvalue weighted by Crippen LogP contribution is -2.17. The average Bonchev–Trinajstić information content (AvgIpc) is 2.45. The van der Waals surface area contributed by atoms with Crippen LogP contribution in [0.2, 0.25) is 0 Å². The van der Waals surface area contributed by atoms with E-state index in [0.717, 1.165) is 12.8 Å². The van der Waals surface area contributed by atoms with Gasteiger partial charge in [0.1, 0.15) is 0 Å². The Labute approximate surface area is 85.4 Å². The topological polar surface area (TPSA) is 46.2 Å². The van der Waals surface area contributed by atoms with Gasteiger partial charge in [-0.3, -0.25) is 9.59 Å². The molecule has 14 heavy (non-hydrogen) atoms. The standard InChI is InChI=1S/C8H7NO2.C3H8.H2/c10-7-5-3-1-2-4-6(5)9-8(7)11;1-3-2;/h3-4H,1-2H2,(H,9,11);3H2,1-2H3;1H. The van der Waals surface area contributed by atoms with E-state index in [9.17, 15) is 9.59 Å². The molecule has 1 aliphatic heterocycles. The first-order chi connectivity index (χ1) is 6.70. The quantitative estimate of drug-likeness (QED) is 0.600. The van der Waals surface area contributed by atoms with E-state index in [1.165, 1.54) is 6.42 Å². The van der Waals surface area contributed by atoms with Gasteiger partial charge >= 0.3 is 0 Å². The van der Waals surface area contributed by atoms with Crippen LogP contribution in [0.4, 0.5) is 0 Å². The maximum Gasteiger partial charge on any atom is 0.296 e. The Bertz CT molecular complexity index is 319. The van der Waals surface area contributed by atoms with Crippen LogP contribution in [0, 0.1) is 0 Å². The summed E-state index contributed by atoms with van der Waals surface area (Å²) < 4.78 is 0. The van der Waals surface area contributed by atoms with E-state index >= 15 is 0 Å². The highest BCUT2D eigenvalue weighted by atomic mass is 16.2. The summed E-state index contributed by atoms with van der Waals surface area (Å²) in [6, 6.07) is 0. The third-order valence-electron chi connectivity index (χ3n) is 1.85. The molecule has 0 radical (unpaired) electrons. The van der Waals surface area contributed by atoms with Crippen LogP contribution in [0.3, 0.4) is 0 Å². The van der Waals surface area contributed by atoms with Gasteiger partial charge in [-0.2, -0.15) is 0 Å². The van der Waals surface area contributed by atoms with E-state index in [2.05, 4.69) is 19.2 Å². The Hall–Kier alpha value is -1.38. The van der Waals surface area contributed by atoms with Gasteiger partial charge in [0.25, 0.3) is 11.7 Å². The highest BCUT2D eigenvalue weighted by Crippen LogP contribution is 2.21. The Kier molecular flexibility index (Phi) is 3.63. The van der Waals surface area contributed by atoms with Crippen molar-refractivity contribution < 1.29 is 11.0 Å². The molecule has 78 valence electrons. The molecule has 1 saturated heterocycles. The monoisotopic (exact) mass is 195 g/mol. The molecule has 0 aromatic carbocycles. The Morgan fingerprint density at radius 3 is 2.43 bits per heavy atom. The van der Waals surface area contributed by atoms with Gasteiger partial charge in [-0.25, -0.2) is 0 Å². The van der Waals surface area contributed by atoms with Crippen LogP contribution >= 0.6 is 0 Å². The molecular weight excluding hydrogens is 178 g/mol. The smallest absolute Gasteiger partial charge is 0.296 e. The lowest BCUT2D eigenvalue weighted by Gasteiger charge is -2.03. The molecule has 0 aromatic heterocycles. The molecule has 0 saturated carbocycles. The summed E-state index contributed by atoms with van der Waals surface area (Å²) in [5.74, 6) is -0.889. The molecule has 0 bridgehead atoms. The first-order valence-corrected chi connectivity index (χ1v) is 4.97. The van der Waals surface area contributed by atoms with E-state index < -0.39 is 11.7 Å². The van der Waals surface area contributed by atoms with Crippen molar-refractivity contribution in [2.45, 2.75) is 33.1 Å². The van der Waals surface area contributed by atoms with Gasteiger partial charge < -0.3 is 5.32 Å². The molecule has 0 spiro atoms. The molecule has 0 atom stereocenters. The summed E-state index contributed by atoms with van der Waals surface area (Å²) in [5, 5.41) is 2.51. The largest absolute Gasteiger partial charge is 0.319 e. The highest BCUT2D eigenvalue weighted by molar-refractivity contribution is 6.47. The first kappa shape index (κ1) is 10.7. The number of allylic oxidation sites excluding steroid dienone is 3. The molecule has 2 rings (SSSR count). The molecule has 1 fully saturated rings. The summed E-state index contributed by atoms with van der Waals surface area (Å²) in [4.78, 5) is 21.8. The zero-order valence-corrected chi connectivity index (χ0v) is 8.59. The van der Waals surface area contributed by atoms with Gasteiger partial charge in [-0.1, -0.05) is 32.4 Å². The Morgan fingerprint density at radius 1 is 1.29 bits per heavy atom. The second-order valence-electron chi connectivity index (χ2n) is 3.30. The van der Waals surface area contributed by atoms with Crippen LogP contribution in [-0.2, 0) is 9.59 Å². The second kappa shape index (κ2) is 4.74. The van der Waals surface area contributed by atoms with Gasteiger partial charge in [0, 0.05) is 12.7 Å². The number of hydrogen-bond donors (Lipinski definition) is 1. The van der Waals surface area contributed by atoms with Crippen LogP contribution in [0.5, 0.6) is 0 Å². The SMILES string of the molecule is CCC.O=C1NC2=CCCC=C2C1=O.[HH]. The number of fused-ring (bicyclic) bond motifs is 1. The summed E-state index contributed by atoms with van der Waals surface area (Å²) in [5.41, 5.74) is 1.26. The minimum Gasteiger partial charge on any atom is -0.319 e. The van der Waals surface area contributed by atoms with Crippen molar-refractivity contribution in [2.75, 3.05) is 0 Å². The number of carbonyl (C=O) groups excluding carboxylic acids is 2. The molecule has 1 amide bonds. The predicted octanol–water partition coefficient (Wildman–Crippen LogP) is 1.95. The number of amides is 1. The van der Waals surface area contributed by atoms with Crippen LogP contribution in [0.1, 0.15) is 34.5 Å². The summed E-state index contributed by atoms with van der Waals surface area (Å²) in [7, 11) is 0. The number of Topliss-reactive ketones (excluding diaryl/α,β-unsaturated/α-hetero) is 1. The lowest BCUT2D eigenvalue weighted by atomic mass is 10.0. The van der Waals surface area contributed by atoms with Crippen molar-refractivity contribution in [3.63, 3.8) is 0 Å². The summed E-state index contributed by atoms with van der Waals surface area (Å²) in [6.07, 6.45) is 6.72. The van der Waals surface area contributed by atoms with Crippen molar-refractivity contribution in [3.8, 4) is 0 Å². The maximum atomic E-state index is 11.0. The molecule has 1 aliphatic carbocycles. The van der Waals surface area contributed by atoms with Crippen molar-refractivity contribution in [1.82, 2.24) is 5.32 Å². The van der Waals surface area contributed by atoms with E-state index in [1.54, 1.807) is 0 Å². The van der Waals surface area contributed by atoms with Crippen LogP contribution in [0.15, 0.2) is 23.4 Å². The van der Waals surface area contributed by atoms with Crippen LogP contribution < -0.4 is 5.32 Å². The summed E-state index contributed by atoms with van der Waals surface area (Å²) >= 11 is 0. The van der Waals surface area contributed by atoms with Gasteiger partial charge in [0.2, 0.25) is 0 Å². The minimum absolute atomic E-state index is 0. The highest BCUT2D eigenvalue weighted by Gasteiger charge is 2.31. The average molecular weight is 195 g/mol. The molecule has 1 N–H and O–H groups in total. The zero-order valence-electron chi connectivity index (χ0n) is 8.59. The molecule has 0 unspecified atom stereocenters. The van der Waals surface area contributed by atoms with E-state index in [0.29, 0.717) is 11.3 Å². The molecule has 2 aliphatic rings. The fourth-order valence-corrected chi connectivity index (χ4v) is 1.31. The lowest BCUT2D eigenvalue weighted by molar-refractivity contribution is -0.133. The molecule has 3 heteroatoms. The third-order valence-corrected chi connectivity index (χ3v) is 1.85. The van der Waals surface area contributed by atoms with Crippen molar-refractivity contribution in [1.29, 1.82) is 0 Å². The van der Waals surface area contributed by atoms with Gasteiger partial charge in [0.15, 0.2) is 0 Å². The normalized spacial score (nSPS) is 18.7. The molecule has 0 aromatic rings. The molecular formula is C11H17NO2. The van der Waals surface area contributed by atoms with Gasteiger partial charge in [-0.15, -0.1) is 0 Å². The number of ketones is 1. The Balaban J connectivity index is 0.000000443. The van der Waals surface area contributed by atoms with Crippen molar-refractivity contribution in [3.05, 3.63) is 23.4 Å².